The van der Waals surface area contributed by atoms with Crippen LogP contribution in [0.25, 0.3) is 0 Å². The largest absolute Gasteiger partial charge is 0.497 e. The number of ether oxygens (including phenoxy) is 1. The Labute approximate surface area is 121 Å². The average molecular weight is 278 g/mol. The van der Waals surface area contributed by atoms with Crippen molar-refractivity contribution in [1.82, 2.24) is 0 Å². The van der Waals surface area contributed by atoms with Gasteiger partial charge >= 0.3 is 0 Å². The van der Waals surface area contributed by atoms with E-state index in [0.717, 1.165) is 24.3 Å². The average Bonchev–Trinajstić information content (AvgIpc) is 2.47. The molecule has 0 aromatic heterocycles. The summed E-state index contributed by atoms with van der Waals surface area (Å²) in [6, 6.07) is 7.60. The molecule has 0 atom stereocenters. The van der Waals surface area contributed by atoms with Crippen LogP contribution in [-0.2, 0) is 4.79 Å². The van der Waals surface area contributed by atoms with Crippen LogP contribution in [0.15, 0.2) is 24.3 Å². The Morgan fingerprint density at radius 2 is 2.10 bits per heavy atom. The maximum absolute atomic E-state index is 12.7. The first-order valence-electron chi connectivity index (χ1n) is 7.12. The SMILES string of the molecule is CCC(C)(C)C(=O)N(CCCN)c1cccc(OC)c1. The van der Waals surface area contributed by atoms with Gasteiger partial charge in [-0.2, -0.15) is 0 Å². The van der Waals surface area contributed by atoms with Crippen molar-refractivity contribution in [2.45, 2.75) is 33.6 Å². The van der Waals surface area contributed by atoms with Crippen molar-refractivity contribution in [3.05, 3.63) is 24.3 Å². The lowest BCUT2D eigenvalue weighted by atomic mass is 9.88. The molecular weight excluding hydrogens is 252 g/mol. The molecule has 0 saturated heterocycles. The van der Waals surface area contributed by atoms with Crippen molar-refractivity contribution < 1.29 is 9.53 Å². The maximum atomic E-state index is 12.7. The summed E-state index contributed by atoms with van der Waals surface area (Å²) in [6.45, 7) is 7.19. The van der Waals surface area contributed by atoms with Gasteiger partial charge in [-0.1, -0.05) is 26.8 Å². The van der Waals surface area contributed by atoms with E-state index >= 15 is 0 Å². The Morgan fingerprint density at radius 3 is 2.65 bits per heavy atom. The van der Waals surface area contributed by atoms with Gasteiger partial charge in [-0.3, -0.25) is 4.79 Å². The number of benzene rings is 1. The van der Waals surface area contributed by atoms with Crippen LogP contribution in [0.4, 0.5) is 5.69 Å². The molecule has 0 aliphatic rings. The first-order chi connectivity index (χ1) is 9.46. The summed E-state index contributed by atoms with van der Waals surface area (Å²) in [5.74, 6) is 0.879. The van der Waals surface area contributed by atoms with Gasteiger partial charge in [-0.15, -0.1) is 0 Å². The predicted molar refractivity (Wildman–Crippen MR) is 83.1 cm³/mol. The summed E-state index contributed by atoms with van der Waals surface area (Å²) in [5, 5.41) is 0. The molecule has 1 aromatic carbocycles. The first kappa shape index (κ1) is 16.5. The lowest BCUT2D eigenvalue weighted by Gasteiger charge is -2.31. The van der Waals surface area contributed by atoms with Crippen LogP contribution in [0, 0.1) is 5.41 Å². The van der Waals surface area contributed by atoms with Crippen LogP contribution in [0.1, 0.15) is 33.6 Å². The molecule has 20 heavy (non-hydrogen) atoms. The summed E-state index contributed by atoms with van der Waals surface area (Å²) in [4.78, 5) is 14.6. The minimum atomic E-state index is -0.377. The third-order valence-electron chi connectivity index (χ3n) is 3.66. The zero-order valence-electron chi connectivity index (χ0n) is 13.0. The van der Waals surface area contributed by atoms with E-state index in [2.05, 4.69) is 0 Å². The lowest BCUT2D eigenvalue weighted by Crippen LogP contribution is -2.42. The van der Waals surface area contributed by atoms with E-state index in [1.165, 1.54) is 0 Å². The summed E-state index contributed by atoms with van der Waals surface area (Å²) in [6.07, 6.45) is 1.58. The van der Waals surface area contributed by atoms with Gasteiger partial charge in [0.1, 0.15) is 5.75 Å². The molecule has 1 amide bonds. The number of nitrogens with zero attached hydrogens (tertiary/aromatic N) is 1. The maximum Gasteiger partial charge on any atom is 0.232 e. The highest BCUT2D eigenvalue weighted by Gasteiger charge is 2.30. The Morgan fingerprint density at radius 1 is 1.40 bits per heavy atom. The number of carbonyl (C=O) groups is 1. The van der Waals surface area contributed by atoms with E-state index in [1.807, 2.05) is 49.9 Å². The molecule has 2 N–H and O–H groups in total. The standard InChI is InChI=1S/C16H26N2O2/c1-5-16(2,3)15(19)18(11-7-10-17)13-8-6-9-14(12-13)20-4/h6,8-9,12H,5,7,10-11,17H2,1-4H3. The van der Waals surface area contributed by atoms with Crippen LogP contribution < -0.4 is 15.4 Å². The summed E-state index contributed by atoms with van der Waals surface area (Å²) in [5.41, 5.74) is 6.08. The molecule has 0 spiro atoms. The molecule has 0 unspecified atom stereocenters. The Balaban J connectivity index is 3.07. The molecule has 4 nitrogen and oxygen atoms in total. The number of hydrogen-bond donors (Lipinski definition) is 1. The number of anilines is 1. The molecule has 0 aliphatic carbocycles. The summed E-state index contributed by atoms with van der Waals surface area (Å²) >= 11 is 0. The highest BCUT2D eigenvalue weighted by Crippen LogP contribution is 2.28. The molecule has 0 saturated carbocycles. The smallest absolute Gasteiger partial charge is 0.232 e. The number of nitrogens with two attached hydrogens (primary N) is 1. The second kappa shape index (κ2) is 7.29. The second-order valence-corrected chi connectivity index (χ2v) is 5.54. The number of carbonyl (C=O) groups excluding carboxylic acids is 1. The molecule has 0 aliphatic heterocycles. The van der Waals surface area contributed by atoms with Crippen LogP contribution >= 0.6 is 0 Å². The highest BCUT2D eigenvalue weighted by atomic mass is 16.5. The van der Waals surface area contributed by atoms with Crippen molar-refractivity contribution in [2.24, 2.45) is 11.1 Å². The lowest BCUT2D eigenvalue weighted by molar-refractivity contribution is -0.126. The van der Waals surface area contributed by atoms with Crippen LogP contribution in [0.2, 0.25) is 0 Å². The monoisotopic (exact) mass is 278 g/mol. The summed E-state index contributed by atoms with van der Waals surface area (Å²) < 4.78 is 5.24. The number of rotatable bonds is 7. The fourth-order valence-electron chi connectivity index (χ4n) is 1.89. The van der Waals surface area contributed by atoms with Gasteiger partial charge in [0, 0.05) is 23.7 Å². The quantitative estimate of drug-likeness (QED) is 0.834. The van der Waals surface area contributed by atoms with E-state index in [4.69, 9.17) is 10.5 Å². The Hall–Kier alpha value is -1.55. The molecule has 1 aromatic rings. The Kier molecular flexibility index (Phi) is 6.02. The van der Waals surface area contributed by atoms with Gasteiger partial charge in [0.2, 0.25) is 5.91 Å². The van der Waals surface area contributed by atoms with Crippen LogP contribution in [-0.4, -0.2) is 26.1 Å². The van der Waals surface area contributed by atoms with E-state index in [9.17, 15) is 4.79 Å². The van der Waals surface area contributed by atoms with E-state index in [-0.39, 0.29) is 11.3 Å². The first-order valence-corrected chi connectivity index (χ1v) is 7.12. The van der Waals surface area contributed by atoms with Crippen molar-refractivity contribution >= 4 is 11.6 Å². The van der Waals surface area contributed by atoms with Crippen molar-refractivity contribution in [2.75, 3.05) is 25.1 Å². The van der Waals surface area contributed by atoms with Crippen molar-refractivity contribution in [3.8, 4) is 5.75 Å². The molecule has 1 rings (SSSR count). The number of amides is 1. The van der Waals surface area contributed by atoms with Crippen LogP contribution in [0.5, 0.6) is 5.75 Å². The van der Waals surface area contributed by atoms with Gasteiger partial charge in [0.15, 0.2) is 0 Å². The van der Waals surface area contributed by atoms with Crippen molar-refractivity contribution in [1.29, 1.82) is 0 Å². The Bertz CT molecular complexity index is 444. The second-order valence-electron chi connectivity index (χ2n) is 5.54. The third-order valence-corrected chi connectivity index (χ3v) is 3.66. The molecule has 4 heteroatoms. The third kappa shape index (κ3) is 3.97. The molecule has 0 radical (unpaired) electrons. The minimum Gasteiger partial charge on any atom is -0.497 e. The molecule has 112 valence electrons. The fraction of sp³-hybridized carbons (Fsp3) is 0.562. The molecular formula is C16H26N2O2. The number of hydrogen-bond acceptors (Lipinski definition) is 3. The van der Waals surface area contributed by atoms with Gasteiger partial charge in [0.05, 0.1) is 7.11 Å². The molecule has 0 bridgehead atoms. The van der Waals surface area contributed by atoms with E-state index in [1.54, 1.807) is 7.11 Å². The zero-order valence-corrected chi connectivity index (χ0v) is 13.0. The number of methoxy groups -OCH3 is 1. The van der Waals surface area contributed by atoms with Crippen molar-refractivity contribution in [3.63, 3.8) is 0 Å². The normalized spacial score (nSPS) is 11.2. The highest BCUT2D eigenvalue weighted by molar-refractivity contribution is 5.97. The topological polar surface area (TPSA) is 55.6 Å². The zero-order chi connectivity index (χ0) is 15.2. The van der Waals surface area contributed by atoms with Gasteiger partial charge in [-0.05, 0) is 31.5 Å². The molecule has 0 fully saturated rings. The fourth-order valence-corrected chi connectivity index (χ4v) is 1.89. The predicted octanol–water partition coefficient (Wildman–Crippen LogP) is 2.81. The van der Waals surface area contributed by atoms with Gasteiger partial charge in [0.25, 0.3) is 0 Å². The molecule has 0 heterocycles. The summed E-state index contributed by atoms with van der Waals surface area (Å²) in [7, 11) is 1.63. The van der Waals surface area contributed by atoms with Crippen LogP contribution in [0.3, 0.4) is 0 Å². The van der Waals surface area contributed by atoms with Gasteiger partial charge in [-0.25, -0.2) is 0 Å². The van der Waals surface area contributed by atoms with E-state index in [0.29, 0.717) is 13.1 Å². The van der Waals surface area contributed by atoms with E-state index < -0.39 is 0 Å². The van der Waals surface area contributed by atoms with Gasteiger partial charge < -0.3 is 15.4 Å². The minimum absolute atomic E-state index is 0.127.